The Balaban J connectivity index is 1.94. The van der Waals surface area contributed by atoms with Crippen LogP contribution in [-0.4, -0.2) is 5.78 Å². The molecular weight excluding hydrogens is 352 g/mol. The van der Waals surface area contributed by atoms with Crippen LogP contribution < -0.4 is 0 Å². The number of ketones is 1. The maximum Gasteiger partial charge on any atom is 0.162 e. The van der Waals surface area contributed by atoms with E-state index in [0.29, 0.717) is 6.42 Å². The van der Waals surface area contributed by atoms with Crippen molar-refractivity contribution in [2.75, 3.05) is 0 Å². The van der Waals surface area contributed by atoms with Crippen LogP contribution >= 0.6 is 0 Å². The molecule has 4 aromatic rings. The van der Waals surface area contributed by atoms with Crippen molar-refractivity contribution in [3.63, 3.8) is 0 Å². The molecule has 0 heterocycles. The SMILES string of the molecule is CCC(=O)c1ccc2c(c1)C(c1ccccc1)(c1ccccc1)c1ccccc1-2. The van der Waals surface area contributed by atoms with Gasteiger partial charge in [0, 0.05) is 12.0 Å². The molecule has 0 aliphatic heterocycles. The molecule has 0 bridgehead atoms. The molecule has 0 aromatic heterocycles. The summed E-state index contributed by atoms with van der Waals surface area (Å²) < 4.78 is 0. The Morgan fingerprint density at radius 3 is 1.83 bits per heavy atom. The minimum Gasteiger partial charge on any atom is -0.294 e. The summed E-state index contributed by atoms with van der Waals surface area (Å²) in [6, 6.07) is 36.2. The van der Waals surface area contributed by atoms with Gasteiger partial charge in [-0.15, -0.1) is 0 Å². The van der Waals surface area contributed by atoms with Crippen LogP contribution in [0.4, 0.5) is 0 Å². The fourth-order valence-corrected chi connectivity index (χ4v) is 4.82. The summed E-state index contributed by atoms with van der Waals surface area (Å²) in [4.78, 5) is 12.6. The average molecular weight is 374 g/mol. The molecule has 0 saturated carbocycles. The lowest BCUT2D eigenvalue weighted by molar-refractivity contribution is 0.0988. The summed E-state index contributed by atoms with van der Waals surface area (Å²) in [5.74, 6) is 0.179. The highest BCUT2D eigenvalue weighted by Gasteiger charge is 2.46. The van der Waals surface area contributed by atoms with Crippen molar-refractivity contribution in [3.8, 4) is 11.1 Å². The molecule has 1 heteroatoms. The Kier molecular flexibility index (Phi) is 4.17. The predicted octanol–water partition coefficient (Wildman–Crippen LogP) is 6.64. The Morgan fingerprint density at radius 1 is 0.655 bits per heavy atom. The highest BCUT2D eigenvalue weighted by atomic mass is 16.1. The van der Waals surface area contributed by atoms with Gasteiger partial charge >= 0.3 is 0 Å². The molecule has 140 valence electrons. The van der Waals surface area contributed by atoms with Gasteiger partial charge in [-0.05, 0) is 39.4 Å². The van der Waals surface area contributed by atoms with Crippen molar-refractivity contribution in [2.45, 2.75) is 18.8 Å². The Bertz CT molecular complexity index is 1150. The number of Topliss-reactive ketones (excluding diaryl/α,β-unsaturated/α-hetero) is 1. The normalized spacial score (nSPS) is 13.6. The van der Waals surface area contributed by atoms with Gasteiger partial charge in [0.1, 0.15) is 0 Å². The van der Waals surface area contributed by atoms with Gasteiger partial charge in [-0.25, -0.2) is 0 Å². The van der Waals surface area contributed by atoms with Crippen LogP contribution in [0.1, 0.15) is 46.0 Å². The summed E-state index contributed by atoms with van der Waals surface area (Å²) in [6.45, 7) is 1.92. The zero-order valence-electron chi connectivity index (χ0n) is 16.4. The second kappa shape index (κ2) is 6.86. The number of rotatable bonds is 4. The van der Waals surface area contributed by atoms with Crippen molar-refractivity contribution in [2.24, 2.45) is 0 Å². The fraction of sp³-hybridized carbons (Fsp3) is 0.107. The van der Waals surface area contributed by atoms with E-state index in [1.807, 2.05) is 13.0 Å². The van der Waals surface area contributed by atoms with Crippen molar-refractivity contribution in [3.05, 3.63) is 131 Å². The molecule has 0 N–H and O–H groups in total. The van der Waals surface area contributed by atoms with E-state index in [4.69, 9.17) is 0 Å². The molecule has 29 heavy (non-hydrogen) atoms. The van der Waals surface area contributed by atoms with Gasteiger partial charge < -0.3 is 0 Å². The van der Waals surface area contributed by atoms with E-state index >= 15 is 0 Å². The molecule has 0 saturated heterocycles. The molecule has 4 aromatic carbocycles. The van der Waals surface area contributed by atoms with E-state index in [2.05, 4.69) is 97.1 Å². The van der Waals surface area contributed by atoms with Crippen molar-refractivity contribution >= 4 is 5.78 Å². The molecule has 0 fully saturated rings. The van der Waals surface area contributed by atoms with Crippen LogP contribution in [0.25, 0.3) is 11.1 Å². The third-order valence-corrected chi connectivity index (χ3v) is 6.10. The Hall–Kier alpha value is -3.45. The molecule has 1 aliphatic rings. The zero-order chi connectivity index (χ0) is 19.8. The minimum absolute atomic E-state index is 0.179. The number of hydrogen-bond acceptors (Lipinski definition) is 1. The monoisotopic (exact) mass is 374 g/mol. The smallest absolute Gasteiger partial charge is 0.162 e. The fourth-order valence-electron chi connectivity index (χ4n) is 4.82. The quantitative estimate of drug-likeness (QED) is 0.322. The molecule has 1 aliphatic carbocycles. The van der Waals surface area contributed by atoms with Gasteiger partial charge in [-0.1, -0.05) is 104 Å². The predicted molar refractivity (Wildman–Crippen MR) is 118 cm³/mol. The van der Waals surface area contributed by atoms with E-state index in [1.165, 1.54) is 33.4 Å². The molecule has 0 spiro atoms. The van der Waals surface area contributed by atoms with Gasteiger partial charge in [-0.3, -0.25) is 4.79 Å². The number of fused-ring (bicyclic) bond motifs is 3. The van der Waals surface area contributed by atoms with Crippen molar-refractivity contribution in [1.82, 2.24) is 0 Å². The first-order valence-electron chi connectivity index (χ1n) is 10.2. The van der Waals surface area contributed by atoms with Gasteiger partial charge in [0.2, 0.25) is 0 Å². The first kappa shape index (κ1) is 17.6. The Morgan fingerprint density at radius 2 is 1.21 bits per heavy atom. The van der Waals surface area contributed by atoms with E-state index < -0.39 is 5.41 Å². The summed E-state index contributed by atoms with van der Waals surface area (Å²) in [7, 11) is 0. The lowest BCUT2D eigenvalue weighted by Gasteiger charge is -2.34. The lowest BCUT2D eigenvalue weighted by Crippen LogP contribution is -2.28. The molecule has 5 rings (SSSR count). The largest absolute Gasteiger partial charge is 0.294 e. The van der Waals surface area contributed by atoms with Crippen LogP contribution in [-0.2, 0) is 5.41 Å². The number of carbonyl (C=O) groups is 1. The molecular formula is C28H22O. The van der Waals surface area contributed by atoms with Gasteiger partial charge in [0.05, 0.1) is 5.41 Å². The van der Waals surface area contributed by atoms with E-state index in [9.17, 15) is 4.79 Å². The molecule has 0 unspecified atom stereocenters. The van der Waals surface area contributed by atoms with Crippen LogP contribution in [0.2, 0.25) is 0 Å². The van der Waals surface area contributed by atoms with E-state index in [0.717, 1.165) is 5.56 Å². The molecule has 0 atom stereocenters. The maximum absolute atomic E-state index is 12.6. The topological polar surface area (TPSA) is 17.1 Å². The summed E-state index contributed by atoms with van der Waals surface area (Å²) in [5, 5.41) is 0. The number of hydrogen-bond donors (Lipinski definition) is 0. The van der Waals surface area contributed by atoms with Crippen molar-refractivity contribution in [1.29, 1.82) is 0 Å². The first-order chi connectivity index (χ1) is 14.3. The van der Waals surface area contributed by atoms with Crippen LogP contribution in [0, 0.1) is 0 Å². The average Bonchev–Trinajstić information content (AvgIpc) is 3.10. The second-order valence-corrected chi connectivity index (χ2v) is 7.56. The van der Waals surface area contributed by atoms with E-state index in [-0.39, 0.29) is 5.78 Å². The van der Waals surface area contributed by atoms with E-state index in [1.54, 1.807) is 0 Å². The minimum atomic E-state index is -0.432. The van der Waals surface area contributed by atoms with Crippen LogP contribution in [0.15, 0.2) is 103 Å². The Labute approximate surface area is 171 Å². The third-order valence-electron chi connectivity index (χ3n) is 6.10. The number of benzene rings is 4. The second-order valence-electron chi connectivity index (χ2n) is 7.56. The molecule has 0 radical (unpaired) electrons. The summed E-state index contributed by atoms with van der Waals surface area (Å²) in [5.41, 5.74) is 7.71. The first-order valence-corrected chi connectivity index (χ1v) is 10.2. The zero-order valence-corrected chi connectivity index (χ0v) is 16.4. The van der Waals surface area contributed by atoms with Gasteiger partial charge in [0.15, 0.2) is 5.78 Å². The van der Waals surface area contributed by atoms with Gasteiger partial charge in [-0.2, -0.15) is 0 Å². The highest BCUT2D eigenvalue weighted by molar-refractivity contribution is 5.98. The lowest BCUT2D eigenvalue weighted by atomic mass is 9.67. The van der Waals surface area contributed by atoms with Crippen molar-refractivity contribution < 1.29 is 4.79 Å². The van der Waals surface area contributed by atoms with Crippen LogP contribution in [0.3, 0.4) is 0 Å². The van der Waals surface area contributed by atoms with Gasteiger partial charge in [0.25, 0.3) is 0 Å². The maximum atomic E-state index is 12.6. The summed E-state index contributed by atoms with van der Waals surface area (Å²) >= 11 is 0. The molecule has 0 amide bonds. The standard InChI is InChI=1S/C28H22O/c1-2-27(29)20-17-18-24-23-15-9-10-16-25(23)28(26(24)19-20,21-11-5-3-6-12-21)22-13-7-4-8-14-22/h3-19H,2H2,1H3. The number of carbonyl (C=O) groups excluding carboxylic acids is 1. The van der Waals surface area contributed by atoms with Crippen LogP contribution in [0.5, 0.6) is 0 Å². The highest BCUT2D eigenvalue weighted by Crippen LogP contribution is 2.56. The molecule has 1 nitrogen and oxygen atoms in total. The summed E-state index contributed by atoms with van der Waals surface area (Å²) in [6.07, 6.45) is 0.509. The third kappa shape index (κ3) is 2.51.